The molecule has 0 aromatic heterocycles. The lowest BCUT2D eigenvalue weighted by atomic mass is 9.88. The molecule has 1 heterocycles. The van der Waals surface area contributed by atoms with Crippen molar-refractivity contribution in [3.05, 3.63) is 53.8 Å². The number of ether oxygens (including phenoxy) is 1. The first-order valence-corrected chi connectivity index (χ1v) is 15.2. The van der Waals surface area contributed by atoms with Gasteiger partial charge in [0.25, 0.3) is 5.91 Å². The highest BCUT2D eigenvalue weighted by Gasteiger charge is 2.35. The van der Waals surface area contributed by atoms with Gasteiger partial charge in [-0.1, -0.05) is 26.2 Å². The fourth-order valence-corrected chi connectivity index (χ4v) is 6.45. The van der Waals surface area contributed by atoms with Gasteiger partial charge < -0.3 is 20.1 Å². The number of nitrogens with zero attached hydrogens (tertiary/aromatic N) is 2. The van der Waals surface area contributed by atoms with E-state index in [2.05, 4.69) is 5.32 Å². The number of nitrogens with one attached hydrogen (secondary N) is 1. The molecule has 0 saturated heterocycles. The first kappa shape index (κ1) is 30.0. The number of hydrogen-bond acceptors (Lipinski definition) is 6. The standard InChI is InChI=1S/C29H38FN3O6S/c1-19-16-33(20(2)18-34)29(36)25-15-23(31-28(35)21-7-5-4-6-8-21)11-14-26(25)39-27(19)17-32(3)40(37,38)24-12-9-22(30)10-13-24/h9-15,19-21,27,34H,4-8,16-18H2,1-3H3,(H,31,35)/t19-,20-,27+/m1/s1. The van der Waals surface area contributed by atoms with E-state index in [-0.39, 0.29) is 59.6 Å². The maximum absolute atomic E-state index is 13.7. The van der Waals surface area contributed by atoms with Crippen molar-refractivity contribution >= 4 is 27.5 Å². The second kappa shape index (κ2) is 12.7. The van der Waals surface area contributed by atoms with Gasteiger partial charge in [0.1, 0.15) is 17.7 Å². The van der Waals surface area contributed by atoms with Crippen LogP contribution in [0.5, 0.6) is 5.75 Å². The Balaban J connectivity index is 1.62. The molecule has 3 atom stereocenters. The summed E-state index contributed by atoms with van der Waals surface area (Å²) in [5.41, 5.74) is 0.701. The van der Waals surface area contributed by atoms with E-state index in [1.807, 2.05) is 6.92 Å². The van der Waals surface area contributed by atoms with Gasteiger partial charge in [0.05, 0.1) is 29.7 Å². The van der Waals surface area contributed by atoms with Crippen LogP contribution in [-0.2, 0) is 14.8 Å². The van der Waals surface area contributed by atoms with Crippen LogP contribution in [-0.4, -0.2) is 73.4 Å². The Bertz CT molecular complexity index is 1310. The van der Waals surface area contributed by atoms with Crippen molar-refractivity contribution < 1.29 is 32.2 Å². The number of amides is 2. The van der Waals surface area contributed by atoms with E-state index >= 15 is 0 Å². The molecule has 1 aliphatic heterocycles. The second-order valence-electron chi connectivity index (χ2n) is 10.9. The van der Waals surface area contributed by atoms with Crippen LogP contribution in [0.1, 0.15) is 56.3 Å². The summed E-state index contributed by atoms with van der Waals surface area (Å²) in [6.45, 7) is 3.53. The number of carbonyl (C=O) groups excluding carboxylic acids is 2. The molecule has 1 saturated carbocycles. The Hall–Kier alpha value is -3.02. The van der Waals surface area contributed by atoms with E-state index in [1.165, 1.54) is 19.2 Å². The third-order valence-corrected chi connectivity index (χ3v) is 9.70. The van der Waals surface area contributed by atoms with E-state index in [1.54, 1.807) is 30.0 Å². The van der Waals surface area contributed by atoms with Crippen LogP contribution in [0.3, 0.4) is 0 Å². The molecule has 0 unspecified atom stereocenters. The molecular formula is C29H38FN3O6S. The molecule has 40 heavy (non-hydrogen) atoms. The number of anilines is 1. The van der Waals surface area contributed by atoms with Crippen molar-refractivity contribution in [2.75, 3.05) is 32.1 Å². The van der Waals surface area contributed by atoms with Crippen LogP contribution in [0.25, 0.3) is 0 Å². The molecule has 2 amide bonds. The van der Waals surface area contributed by atoms with E-state index in [4.69, 9.17) is 4.74 Å². The van der Waals surface area contributed by atoms with E-state index in [0.717, 1.165) is 48.5 Å². The first-order valence-electron chi connectivity index (χ1n) is 13.8. The molecule has 11 heteroatoms. The number of aliphatic hydroxyl groups is 1. The minimum Gasteiger partial charge on any atom is -0.488 e. The van der Waals surface area contributed by atoms with Gasteiger partial charge >= 0.3 is 0 Å². The summed E-state index contributed by atoms with van der Waals surface area (Å²) in [5, 5.41) is 12.8. The topological polar surface area (TPSA) is 116 Å². The van der Waals surface area contributed by atoms with Crippen molar-refractivity contribution in [2.45, 2.75) is 63.0 Å². The molecule has 0 radical (unpaired) electrons. The molecule has 2 aliphatic rings. The summed E-state index contributed by atoms with van der Waals surface area (Å²) in [6.07, 6.45) is 4.21. The Labute approximate surface area is 235 Å². The molecule has 2 aromatic carbocycles. The van der Waals surface area contributed by atoms with E-state index < -0.39 is 28.0 Å². The lowest BCUT2D eigenvalue weighted by Gasteiger charge is -2.38. The maximum Gasteiger partial charge on any atom is 0.258 e. The lowest BCUT2D eigenvalue weighted by Crippen LogP contribution is -2.50. The van der Waals surface area contributed by atoms with Crippen molar-refractivity contribution in [2.24, 2.45) is 11.8 Å². The number of sulfonamides is 1. The monoisotopic (exact) mass is 575 g/mol. The summed E-state index contributed by atoms with van der Waals surface area (Å²) in [4.78, 5) is 28.0. The van der Waals surface area contributed by atoms with Crippen LogP contribution in [0, 0.1) is 17.7 Å². The summed E-state index contributed by atoms with van der Waals surface area (Å²) < 4.78 is 47.2. The zero-order valence-electron chi connectivity index (χ0n) is 23.2. The van der Waals surface area contributed by atoms with Crippen LogP contribution in [0.15, 0.2) is 47.4 Å². The fourth-order valence-electron chi connectivity index (χ4n) is 5.27. The second-order valence-corrected chi connectivity index (χ2v) is 12.9. The minimum absolute atomic E-state index is 0.0317. The number of hydrogen-bond donors (Lipinski definition) is 2. The highest BCUT2D eigenvalue weighted by molar-refractivity contribution is 7.89. The average Bonchev–Trinajstić information content (AvgIpc) is 2.95. The van der Waals surface area contributed by atoms with Crippen molar-refractivity contribution in [3.63, 3.8) is 0 Å². The van der Waals surface area contributed by atoms with Crippen LogP contribution in [0.2, 0.25) is 0 Å². The largest absolute Gasteiger partial charge is 0.488 e. The molecule has 2 N–H and O–H groups in total. The van der Waals surface area contributed by atoms with E-state index in [9.17, 15) is 27.5 Å². The number of rotatable bonds is 8. The summed E-state index contributed by atoms with van der Waals surface area (Å²) in [6, 6.07) is 8.99. The highest BCUT2D eigenvalue weighted by atomic mass is 32.2. The molecule has 0 spiro atoms. The van der Waals surface area contributed by atoms with Gasteiger partial charge in [-0.25, -0.2) is 12.8 Å². The normalized spacial score (nSPS) is 21.2. The zero-order chi connectivity index (χ0) is 29.0. The summed E-state index contributed by atoms with van der Waals surface area (Å²) in [5.74, 6) is -1.05. The Morgan fingerprint density at radius 2 is 1.85 bits per heavy atom. The average molecular weight is 576 g/mol. The van der Waals surface area contributed by atoms with Gasteiger partial charge in [0, 0.05) is 31.1 Å². The number of carbonyl (C=O) groups is 2. The quantitative estimate of drug-likeness (QED) is 0.494. The summed E-state index contributed by atoms with van der Waals surface area (Å²) >= 11 is 0. The predicted octanol–water partition coefficient (Wildman–Crippen LogP) is 3.89. The van der Waals surface area contributed by atoms with Crippen LogP contribution >= 0.6 is 0 Å². The molecule has 9 nitrogen and oxygen atoms in total. The molecule has 1 aliphatic carbocycles. The van der Waals surface area contributed by atoms with Gasteiger partial charge in [-0.2, -0.15) is 4.31 Å². The van der Waals surface area contributed by atoms with Crippen LogP contribution in [0.4, 0.5) is 10.1 Å². The number of benzene rings is 2. The molecular weight excluding hydrogens is 537 g/mol. The van der Waals surface area contributed by atoms with E-state index in [0.29, 0.717) is 5.69 Å². The van der Waals surface area contributed by atoms with Crippen LogP contribution < -0.4 is 10.1 Å². The maximum atomic E-state index is 13.7. The Morgan fingerprint density at radius 3 is 2.50 bits per heavy atom. The number of likely N-dealkylation sites (N-methyl/N-ethyl adjacent to an activating group) is 1. The number of aliphatic hydroxyl groups excluding tert-OH is 1. The van der Waals surface area contributed by atoms with Gasteiger partial charge in [-0.15, -0.1) is 0 Å². The Kier molecular flexibility index (Phi) is 9.48. The van der Waals surface area contributed by atoms with Crippen molar-refractivity contribution in [1.82, 2.24) is 9.21 Å². The fraction of sp³-hybridized carbons (Fsp3) is 0.517. The highest BCUT2D eigenvalue weighted by Crippen LogP contribution is 2.32. The van der Waals surface area contributed by atoms with Gasteiger partial charge in [-0.3, -0.25) is 9.59 Å². The van der Waals surface area contributed by atoms with Gasteiger partial charge in [0.2, 0.25) is 15.9 Å². The first-order chi connectivity index (χ1) is 19.0. The number of fused-ring (bicyclic) bond motifs is 1. The van der Waals surface area contributed by atoms with Crippen molar-refractivity contribution in [3.8, 4) is 5.75 Å². The van der Waals surface area contributed by atoms with Gasteiger partial charge in [0.15, 0.2) is 0 Å². The zero-order valence-corrected chi connectivity index (χ0v) is 24.0. The molecule has 1 fully saturated rings. The Morgan fingerprint density at radius 1 is 1.18 bits per heavy atom. The molecule has 2 aromatic rings. The SMILES string of the molecule is C[C@@H]1CN([C@H](C)CO)C(=O)c2cc(NC(=O)C3CCCCC3)ccc2O[C@H]1CN(C)S(=O)(=O)c1ccc(F)cc1. The smallest absolute Gasteiger partial charge is 0.258 e. The molecule has 0 bridgehead atoms. The third-order valence-electron chi connectivity index (χ3n) is 7.87. The lowest BCUT2D eigenvalue weighted by molar-refractivity contribution is -0.120. The summed E-state index contributed by atoms with van der Waals surface area (Å²) in [7, 11) is -2.51. The molecule has 4 rings (SSSR count). The predicted molar refractivity (Wildman–Crippen MR) is 149 cm³/mol. The third kappa shape index (κ3) is 6.64. The minimum atomic E-state index is -3.93. The van der Waals surface area contributed by atoms with Crippen molar-refractivity contribution in [1.29, 1.82) is 0 Å². The van der Waals surface area contributed by atoms with Gasteiger partial charge in [-0.05, 0) is 62.2 Å². The number of halogens is 1. The molecule has 218 valence electrons.